The molecule has 2 N–H and O–H groups in total. The van der Waals surface area contributed by atoms with E-state index in [0.29, 0.717) is 17.2 Å². The number of nitrogens with zero attached hydrogens (tertiary/aromatic N) is 2. The fourth-order valence-electron chi connectivity index (χ4n) is 2.41. The molecule has 0 bridgehead atoms. The maximum absolute atomic E-state index is 13.2. The van der Waals surface area contributed by atoms with Gasteiger partial charge in [-0.15, -0.1) is 0 Å². The Bertz CT molecular complexity index is 994. The minimum atomic E-state index is -0.900. The van der Waals surface area contributed by atoms with E-state index in [4.69, 9.17) is 0 Å². The monoisotopic (exact) mass is 296 g/mol. The molecule has 0 aliphatic rings. The van der Waals surface area contributed by atoms with Crippen molar-refractivity contribution in [1.29, 1.82) is 0 Å². The number of nitrogens with one attached hydrogen (secondary N) is 2. The van der Waals surface area contributed by atoms with Crippen LogP contribution >= 0.6 is 0 Å². The summed E-state index contributed by atoms with van der Waals surface area (Å²) in [6.45, 7) is 0. The third-order valence-corrected chi connectivity index (χ3v) is 3.45. The molecule has 3 heterocycles. The molecule has 4 aromatic rings. The topological polar surface area (TPSA) is 53.6 Å². The summed E-state index contributed by atoms with van der Waals surface area (Å²) in [5.74, 6) is -1.24. The van der Waals surface area contributed by atoms with Gasteiger partial charge in [0.2, 0.25) is 0 Å². The number of hydrogen-bond acceptors (Lipinski definition) is 3. The van der Waals surface area contributed by atoms with Crippen molar-refractivity contribution in [2.24, 2.45) is 0 Å². The lowest BCUT2D eigenvalue weighted by atomic mass is 10.2. The Kier molecular flexibility index (Phi) is 2.75. The van der Waals surface area contributed by atoms with E-state index in [-0.39, 0.29) is 0 Å². The summed E-state index contributed by atoms with van der Waals surface area (Å²) in [6.07, 6.45) is 3.48. The molecule has 0 aliphatic heterocycles. The highest BCUT2D eigenvalue weighted by molar-refractivity contribution is 6.05. The molecule has 108 valence electrons. The van der Waals surface area contributed by atoms with Crippen molar-refractivity contribution in [3.63, 3.8) is 0 Å². The molecule has 0 amide bonds. The second-order valence-electron chi connectivity index (χ2n) is 4.89. The number of benzene rings is 1. The van der Waals surface area contributed by atoms with Crippen molar-refractivity contribution in [1.82, 2.24) is 15.0 Å². The van der Waals surface area contributed by atoms with Gasteiger partial charge in [-0.05, 0) is 30.3 Å². The molecule has 0 aliphatic carbocycles. The zero-order valence-electron chi connectivity index (χ0n) is 11.3. The zero-order valence-corrected chi connectivity index (χ0v) is 11.3. The molecule has 0 spiro atoms. The largest absolute Gasteiger partial charge is 0.340 e. The quantitative estimate of drug-likeness (QED) is 0.584. The second kappa shape index (κ2) is 4.77. The Morgan fingerprint density at radius 3 is 2.73 bits per heavy atom. The minimum absolute atomic E-state index is 0.434. The Morgan fingerprint density at radius 2 is 1.86 bits per heavy atom. The van der Waals surface area contributed by atoms with Crippen LogP contribution in [0.2, 0.25) is 0 Å². The van der Waals surface area contributed by atoms with Crippen LogP contribution in [0.5, 0.6) is 0 Å². The second-order valence-corrected chi connectivity index (χ2v) is 4.89. The molecule has 4 rings (SSSR count). The van der Waals surface area contributed by atoms with Gasteiger partial charge in [0.05, 0.1) is 5.52 Å². The number of hydrogen-bond donors (Lipinski definition) is 2. The number of halogens is 2. The van der Waals surface area contributed by atoms with Gasteiger partial charge in [-0.3, -0.25) is 4.98 Å². The van der Waals surface area contributed by atoms with Crippen LogP contribution in [0.1, 0.15) is 0 Å². The van der Waals surface area contributed by atoms with Crippen LogP contribution in [0.4, 0.5) is 20.3 Å². The highest BCUT2D eigenvalue weighted by Crippen LogP contribution is 2.25. The molecule has 0 unspecified atom stereocenters. The molecule has 3 aromatic heterocycles. The predicted octanol–water partition coefficient (Wildman–Crippen LogP) is 4.13. The maximum atomic E-state index is 13.2. The molecular weight excluding hydrogens is 286 g/mol. The van der Waals surface area contributed by atoms with Crippen molar-refractivity contribution in [2.75, 3.05) is 5.32 Å². The fourth-order valence-corrected chi connectivity index (χ4v) is 2.41. The highest BCUT2D eigenvalue weighted by Gasteiger charge is 2.07. The van der Waals surface area contributed by atoms with E-state index in [1.807, 2.05) is 12.1 Å². The van der Waals surface area contributed by atoms with Crippen LogP contribution in [0.15, 0.2) is 48.8 Å². The van der Waals surface area contributed by atoms with Crippen LogP contribution < -0.4 is 5.32 Å². The van der Waals surface area contributed by atoms with E-state index in [0.717, 1.165) is 28.4 Å². The average Bonchev–Trinajstić information content (AvgIpc) is 2.88. The Morgan fingerprint density at radius 1 is 0.955 bits per heavy atom. The molecule has 0 saturated carbocycles. The zero-order chi connectivity index (χ0) is 15.1. The van der Waals surface area contributed by atoms with Crippen molar-refractivity contribution in [2.45, 2.75) is 0 Å². The van der Waals surface area contributed by atoms with Gasteiger partial charge in [0.15, 0.2) is 11.6 Å². The van der Waals surface area contributed by atoms with Gasteiger partial charge >= 0.3 is 0 Å². The first-order chi connectivity index (χ1) is 10.7. The summed E-state index contributed by atoms with van der Waals surface area (Å²) >= 11 is 0. The lowest BCUT2D eigenvalue weighted by molar-refractivity contribution is 0.509. The molecule has 1 aromatic carbocycles. The first-order valence-corrected chi connectivity index (χ1v) is 6.65. The third kappa shape index (κ3) is 2.05. The smallest absolute Gasteiger partial charge is 0.160 e. The number of rotatable bonds is 2. The van der Waals surface area contributed by atoms with E-state index in [1.165, 1.54) is 6.07 Å². The van der Waals surface area contributed by atoms with Crippen LogP contribution in [-0.4, -0.2) is 15.0 Å². The van der Waals surface area contributed by atoms with Crippen LogP contribution in [0, 0.1) is 11.6 Å². The molecule has 6 heteroatoms. The van der Waals surface area contributed by atoms with Gasteiger partial charge in [-0.25, -0.2) is 13.8 Å². The third-order valence-electron chi connectivity index (χ3n) is 3.45. The number of anilines is 2. The van der Waals surface area contributed by atoms with Gasteiger partial charge in [0.25, 0.3) is 0 Å². The average molecular weight is 296 g/mol. The van der Waals surface area contributed by atoms with Crippen molar-refractivity contribution >= 4 is 33.4 Å². The summed E-state index contributed by atoms with van der Waals surface area (Å²) in [5, 5.41) is 4.90. The summed E-state index contributed by atoms with van der Waals surface area (Å²) in [6, 6.07) is 9.19. The maximum Gasteiger partial charge on any atom is 0.160 e. The highest BCUT2D eigenvalue weighted by atomic mass is 19.2. The fraction of sp³-hybridized carbons (Fsp3) is 0. The summed E-state index contributed by atoms with van der Waals surface area (Å²) in [7, 11) is 0. The van der Waals surface area contributed by atoms with Crippen LogP contribution in [0.3, 0.4) is 0 Å². The molecular formula is C16H10F2N4. The van der Waals surface area contributed by atoms with Crippen LogP contribution in [0.25, 0.3) is 21.9 Å². The van der Waals surface area contributed by atoms with E-state index in [2.05, 4.69) is 20.3 Å². The lowest BCUT2D eigenvalue weighted by Gasteiger charge is -2.05. The summed E-state index contributed by atoms with van der Waals surface area (Å²) in [4.78, 5) is 11.8. The number of H-pyrrole nitrogens is 1. The lowest BCUT2D eigenvalue weighted by Crippen LogP contribution is -1.95. The number of fused-ring (bicyclic) bond motifs is 3. The molecule has 22 heavy (non-hydrogen) atoms. The Labute approximate surface area is 123 Å². The van der Waals surface area contributed by atoms with Gasteiger partial charge in [-0.2, -0.15) is 0 Å². The number of aromatic nitrogens is 3. The number of pyridine rings is 2. The Hall–Kier alpha value is -3.02. The Balaban J connectivity index is 1.75. The van der Waals surface area contributed by atoms with E-state index >= 15 is 0 Å². The summed E-state index contributed by atoms with van der Waals surface area (Å²) in [5.41, 5.74) is 2.08. The molecule has 4 nitrogen and oxygen atoms in total. The summed E-state index contributed by atoms with van der Waals surface area (Å²) < 4.78 is 26.2. The first-order valence-electron chi connectivity index (χ1n) is 6.65. The van der Waals surface area contributed by atoms with Crippen molar-refractivity contribution < 1.29 is 8.78 Å². The van der Waals surface area contributed by atoms with Crippen molar-refractivity contribution in [3.8, 4) is 0 Å². The molecule has 0 fully saturated rings. The van der Waals surface area contributed by atoms with Gasteiger partial charge in [-0.1, -0.05) is 0 Å². The van der Waals surface area contributed by atoms with E-state index < -0.39 is 11.6 Å². The molecule has 0 radical (unpaired) electrons. The standard InChI is InChI=1S/C16H10F2N4/c17-12-3-1-9(7-13(12)18)20-15-4-2-10-11-8-19-6-5-14(11)21-16(10)22-15/h1-8H,(H2,20,21,22). The van der Waals surface area contributed by atoms with Gasteiger partial charge < -0.3 is 10.3 Å². The van der Waals surface area contributed by atoms with E-state index in [9.17, 15) is 8.78 Å². The molecule has 0 saturated heterocycles. The first kappa shape index (κ1) is 12.7. The normalized spacial score (nSPS) is 11.2. The molecule has 0 atom stereocenters. The SMILES string of the molecule is Fc1ccc(Nc2ccc3c(n2)[nH]c2ccncc23)cc1F. The minimum Gasteiger partial charge on any atom is -0.340 e. The van der Waals surface area contributed by atoms with E-state index in [1.54, 1.807) is 18.5 Å². The van der Waals surface area contributed by atoms with Gasteiger partial charge in [0.1, 0.15) is 11.5 Å². The van der Waals surface area contributed by atoms with Gasteiger partial charge in [0, 0.05) is 34.9 Å². The van der Waals surface area contributed by atoms with Crippen LogP contribution in [-0.2, 0) is 0 Å². The predicted molar refractivity (Wildman–Crippen MR) is 81.0 cm³/mol. The number of aromatic amines is 1. The van der Waals surface area contributed by atoms with Crippen molar-refractivity contribution in [3.05, 3.63) is 60.4 Å².